The second kappa shape index (κ2) is 7.41. The van der Waals surface area contributed by atoms with Crippen molar-refractivity contribution in [3.05, 3.63) is 43.6 Å². The second-order valence-corrected chi connectivity index (χ2v) is 10.5. The van der Waals surface area contributed by atoms with E-state index >= 15 is 0 Å². The summed E-state index contributed by atoms with van der Waals surface area (Å²) >= 11 is 5.36. The number of fused-ring (bicyclic) bond motifs is 1. The number of amides is 1. The van der Waals surface area contributed by atoms with Gasteiger partial charge in [0, 0.05) is 42.1 Å². The molecule has 0 radical (unpaired) electrons. The molecule has 1 aromatic heterocycles. The van der Waals surface area contributed by atoms with Gasteiger partial charge in [0.25, 0.3) is 0 Å². The first kappa shape index (κ1) is 19.8. The highest BCUT2D eigenvalue weighted by Gasteiger charge is 2.45. The molecule has 3 nitrogen and oxygen atoms in total. The summed E-state index contributed by atoms with van der Waals surface area (Å²) in [6.45, 7) is 5.84. The van der Waals surface area contributed by atoms with Gasteiger partial charge in [0.05, 0.1) is 10.3 Å². The van der Waals surface area contributed by atoms with E-state index in [1.54, 1.807) is 11.3 Å². The van der Waals surface area contributed by atoms with E-state index < -0.39 is 5.92 Å². The molecule has 150 valence electrons. The van der Waals surface area contributed by atoms with Gasteiger partial charge in [-0.15, -0.1) is 11.3 Å². The van der Waals surface area contributed by atoms with Gasteiger partial charge in [-0.25, -0.2) is 8.78 Å². The fourth-order valence-corrected chi connectivity index (χ4v) is 6.02. The number of thiophene rings is 1. The van der Waals surface area contributed by atoms with E-state index in [-0.39, 0.29) is 31.1 Å². The Balaban J connectivity index is 1.44. The zero-order chi connectivity index (χ0) is 20.1. The summed E-state index contributed by atoms with van der Waals surface area (Å²) in [4.78, 5) is 16.0. The van der Waals surface area contributed by atoms with E-state index in [0.717, 1.165) is 42.0 Å². The molecular formula is C21H23BrF2N2OS. The van der Waals surface area contributed by atoms with Crippen molar-refractivity contribution in [3.63, 3.8) is 0 Å². The Morgan fingerprint density at radius 2 is 1.96 bits per heavy atom. The van der Waals surface area contributed by atoms with Crippen LogP contribution in [-0.2, 0) is 17.8 Å². The van der Waals surface area contributed by atoms with Crippen molar-refractivity contribution >= 4 is 44.5 Å². The minimum absolute atomic E-state index is 0.165. The van der Waals surface area contributed by atoms with Crippen molar-refractivity contribution in [2.24, 2.45) is 5.92 Å². The van der Waals surface area contributed by atoms with Crippen molar-refractivity contribution < 1.29 is 13.6 Å². The molecule has 1 amide bonds. The van der Waals surface area contributed by atoms with Gasteiger partial charge in [0.2, 0.25) is 11.8 Å². The number of carbonyl (C=O) groups is 1. The van der Waals surface area contributed by atoms with Gasteiger partial charge in [0.15, 0.2) is 0 Å². The van der Waals surface area contributed by atoms with Gasteiger partial charge in [0.1, 0.15) is 0 Å². The van der Waals surface area contributed by atoms with E-state index in [0.29, 0.717) is 0 Å². The zero-order valence-electron chi connectivity index (χ0n) is 15.9. The maximum Gasteiger partial charge on any atom is 0.248 e. The third-order valence-electron chi connectivity index (χ3n) is 5.65. The molecule has 1 fully saturated rings. The number of alkyl halides is 2. The monoisotopic (exact) mass is 468 g/mol. The van der Waals surface area contributed by atoms with Crippen molar-refractivity contribution in [2.75, 3.05) is 16.8 Å². The molecule has 2 aromatic rings. The van der Waals surface area contributed by atoms with Crippen LogP contribution >= 0.6 is 27.3 Å². The Morgan fingerprint density at radius 1 is 1.29 bits per heavy atom. The average Bonchev–Trinajstić information content (AvgIpc) is 2.95. The fraction of sp³-hybridized carbons (Fsp3) is 0.476. The largest absolute Gasteiger partial charge is 0.366 e. The quantitative estimate of drug-likeness (QED) is 0.590. The van der Waals surface area contributed by atoms with Crippen LogP contribution in [-0.4, -0.2) is 18.4 Å². The number of anilines is 2. The third-order valence-corrected chi connectivity index (χ3v) is 7.31. The summed E-state index contributed by atoms with van der Waals surface area (Å²) in [6, 6.07) is 6.42. The number of nitrogens with one attached hydrogen (secondary N) is 1. The van der Waals surface area contributed by atoms with Gasteiger partial charge in [-0.2, -0.15) is 0 Å². The summed E-state index contributed by atoms with van der Waals surface area (Å²) in [7, 11) is 0. The molecule has 0 spiro atoms. The van der Waals surface area contributed by atoms with Gasteiger partial charge in [-0.05, 0) is 77.0 Å². The van der Waals surface area contributed by atoms with E-state index in [2.05, 4.69) is 44.3 Å². The molecule has 0 bridgehead atoms. The molecule has 7 heteroatoms. The Hall–Kier alpha value is -1.47. The first-order valence-corrected chi connectivity index (χ1v) is 11.1. The molecule has 0 unspecified atom stereocenters. The summed E-state index contributed by atoms with van der Waals surface area (Å²) in [6.07, 6.45) is 0.846. The topological polar surface area (TPSA) is 32.3 Å². The maximum atomic E-state index is 13.0. The molecule has 0 saturated heterocycles. The highest BCUT2D eigenvalue weighted by molar-refractivity contribution is 9.11. The molecule has 1 aliphatic heterocycles. The van der Waals surface area contributed by atoms with Crippen molar-refractivity contribution in [2.45, 2.75) is 52.0 Å². The van der Waals surface area contributed by atoms with Crippen LogP contribution in [0.4, 0.5) is 20.2 Å². The van der Waals surface area contributed by atoms with Crippen LogP contribution in [0.15, 0.2) is 22.0 Å². The normalized spacial score (nSPS) is 18.5. The number of nitrogens with zero attached hydrogens (tertiary/aromatic N) is 1. The Labute approximate surface area is 176 Å². The minimum atomic E-state index is -2.58. The third kappa shape index (κ3) is 4.10. The molecule has 1 N–H and O–H groups in total. The molecule has 1 saturated carbocycles. The van der Waals surface area contributed by atoms with Crippen LogP contribution in [0.1, 0.15) is 40.8 Å². The van der Waals surface area contributed by atoms with Gasteiger partial charge >= 0.3 is 0 Å². The van der Waals surface area contributed by atoms with Crippen LogP contribution in [0, 0.1) is 19.8 Å². The first-order chi connectivity index (χ1) is 13.2. The number of carbonyl (C=O) groups excluding carboxylic acids is 1. The van der Waals surface area contributed by atoms with Gasteiger partial charge in [-0.1, -0.05) is 0 Å². The number of aryl methyl sites for hydroxylation is 2. The lowest BCUT2D eigenvalue weighted by molar-refractivity contribution is -0.129. The lowest BCUT2D eigenvalue weighted by Crippen LogP contribution is -2.37. The van der Waals surface area contributed by atoms with Crippen LogP contribution in [0.3, 0.4) is 0 Å². The first-order valence-electron chi connectivity index (χ1n) is 9.51. The Bertz CT molecular complexity index is 896. The summed E-state index contributed by atoms with van der Waals surface area (Å²) in [5.74, 6) is -2.96. The highest BCUT2D eigenvalue weighted by Crippen LogP contribution is 2.44. The average molecular weight is 469 g/mol. The maximum absolute atomic E-state index is 13.0. The van der Waals surface area contributed by atoms with Crippen LogP contribution in [0.25, 0.3) is 0 Å². The molecule has 2 aliphatic rings. The van der Waals surface area contributed by atoms with Gasteiger partial charge < -0.3 is 10.2 Å². The van der Waals surface area contributed by atoms with Crippen LogP contribution < -0.4 is 10.2 Å². The predicted molar refractivity (Wildman–Crippen MR) is 114 cm³/mol. The number of rotatable bonds is 4. The number of benzene rings is 1. The minimum Gasteiger partial charge on any atom is -0.366 e. The van der Waals surface area contributed by atoms with Crippen LogP contribution in [0.2, 0.25) is 0 Å². The van der Waals surface area contributed by atoms with Crippen molar-refractivity contribution in [3.8, 4) is 0 Å². The molecule has 4 rings (SSSR count). The number of halogens is 3. The lowest BCUT2D eigenvalue weighted by Gasteiger charge is -2.34. The van der Waals surface area contributed by atoms with E-state index in [1.165, 1.54) is 14.2 Å². The number of hydrogen-bond acceptors (Lipinski definition) is 3. The Morgan fingerprint density at radius 3 is 2.61 bits per heavy atom. The molecule has 1 aromatic carbocycles. The standard InChI is InChI=1S/C21H23BrF2N2OS/c1-12-5-16(26-4-3-15-8-18(22)28-17(15)11-26)6-13(2)20(12)25-19(27)7-14-9-21(23,24)10-14/h5-6,8,14H,3-4,7,9-11H2,1-2H3,(H,25,27). The molecule has 0 atom stereocenters. The van der Waals surface area contributed by atoms with Crippen molar-refractivity contribution in [1.29, 1.82) is 0 Å². The SMILES string of the molecule is Cc1cc(N2CCc3cc(Br)sc3C2)cc(C)c1NC(=O)CC1CC(F)(F)C1. The second-order valence-electron chi connectivity index (χ2n) is 8.01. The molecule has 28 heavy (non-hydrogen) atoms. The van der Waals surface area contributed by atoms with E-state index in [4.69, 9.17) is 0 Å². The summed E-state index contributed by atoms with van der Waals surface area (Å²) in [5, 5.41) is 2.95. The molecule has 1 aliphatic carbocycles. The summed E-state index contributed by atoms with van der Waals surface area (Å²) < 4.78 is 27.1. The lowest BCUT2D eigenvalue weighted by atomic mass is 9.79. The van der Waals surface area contributed by atoms with Crippen LogP contribution in [0.5, 0.6) is 0 Å². The zero-order valence-corrected chi connectivity index (χ0v) is 18.4. The fourth-order valence-electron chi connectivity index (χ4n) is 4.21. The molecule has 2 heterocycles. The number of hydrogen-bond donors (Lipinski definition) is 1. The van der Waals surface area contributed by atoms with Gasteiger partial charge in [-0.3, -0.25) is 4.79 Å². The Kier molecular flexibility index (Phi) is 5.25. The molecular weight excluding hydrogens is 446 g/mol. The van der Waals surface area contributed by atoms with E-state index in [1.807, 2.05) is 13.8 Å². The van der Waals surface area contributed by atoms with E-state index in [9.17, 15) is 13.6 Å². The van der Waals surface area contributed by atoms with Crippen molar-refractivity contribution in [1.82, 2.24) is 0 Å². The predicted octanol–water partition coefficient (Wildman–Crippen LogP) is 6.06. The highest BCUT2D eigenvalue weighted by atomic mass is 79.9. The smallest absolute Gasteiger partial charge is 0.248 e. The summed E-state index contributed by atoms with van der Waals surface area (Å²) in [5.41, 5.74) is 5.38.